The van der Waals surface area contributed by atoms with Gasteiger partial charge in [0.15, 0.2) is 18.4 Å². The molecule has 0 aromatic heterocycles. The summed E-state index contributed by atoms with van der Waals surface area (Å²) >= 11 is 0. The average Bonchev–Trinajstić information content (AvgIpc) is 3.18. The number of carbonyl (C=O) groups is 3. The predicted octanol–water partition coefficient (Wildman–Crippen LogP) is 2.48. The summed E-state index contributed by atoms with van der Waals surface area (Å²) in [6.45, 7) is 12.4. The van der Waals surface area contributed by atoms with Gasteiger partial charge in [0, 0.05) is 38.0 Å². The Bertz CT molecular complexity index is 1420. The zero-order valence-corrected chi connectivity index (χ0v) is 36.7. The number of rotatable bonds is 13. The summed E-state index contributed by atoms with van der Waals surface area (Å²) in [7, 11) is 6.38. The van der Waals surface area contributed by atoms with Gasteiger partial charge in [0.2, 0.25) is 0 Å². The van der Waals surface area contributed by atoms with Gasteiger partial charge in [-0.1, -0.05) is 44.6 Å². The van der Waals surface area contributed by atoms with Crippen molar-refractivity contribution in [2.75, 3.05) is 41.5 Å². The minimum Gasteiger partial charge on any atom is -0.463 e. The number of methoxy groups -OCH3 is 2. The Morgan fingerprint density at radius 2 is 1.54 bits per heavy atom. The summed E-state index contributed by atoms with van der Waals surface area (Å²) in [6.07, 6.45) is -2.94. The highest BCUT2D eigenvalue weighted by atomic mass is 16.7. The van der Waals surface area contributed by atoms with E-state index < -0.39 is 122 Å². The summed E-state index contributed by atoms with van der Waals surface area (Å²) < 4.78 is 47.1. The lowest BCUT2D eigenvalue weighted by molar-refractivity contribution is -0.304. The standard InChI is InChI=1S/C43H71NO15/c1-12-32-29(22-55-43-41(53-11)40(52-10)37(50)27(7)57-43)19-23(3)17-18-30(45)24(4)20-28(15-14-16-33(47)54-13-2)39(25(5)31(46)21-34(48)58-32)59-42-38(51)35(44(8)9)36(49)26(6)56-42/h14,16-19,24-29,31-32,35-43,46,49-51H,12-13,15,20-22H2,1-11H3/b16-14+,18-17+,23-19+/t24-,25+,26+,27-,28+,29-,31+,32-,35-,36+,37-,38+,39-,40-,41-,42-,43-/m1/s1. The van der Waals surface area contributed by atoms with Gasteiger partial charge in [-0.15, -0.1) is 0 Å². The van der Waals surface area contributed by atoms with Gasteiger partial charge >= 0.3 is 11.9 Å². The maximum absolute atomic E-state index is 13.8. The highest BCUT2D eigenvalue weighted by Crippen LogP contribution is 2.35. The first-order valence-electron chi connectivity index (χ1n) is 20.8. The summed E-state index contributed by atoms with van der Waals surface area (Å²) in [5, 5.41) is 44.8. The lowest BCUT2D eigenvalue weighted by Gasteiger charge is -2.46. The second-order valence-corrected chi connectivity index (χ2v) is 16.3. The van der Waals surface area contributed by atoms with Crippen LogP contribution in [-0.2, 0) is 52.3 Å². The number of allylic oxidation sites excluding steroid dienone is 4. The number of ketones is 1. The molecule has 0 bridgehead atoms. The molecule has 3 aliphatic heterocycles. The van der Waals surface area contributed by atoms with Crippen LogP contribution >= 0.6 is 0 Å². The highest BCUT2D eigenvalue weighted by molar-refractivity contribution is 5.91. The molecule has 0 spiro atoms. The SMILES string of the molecule is CCOC(=O)/C=C/C[C@H]1C[C@@H](C)C(=O)/C=C/C(C)=C/[C@H](CO[C@@H]2O[C@H](C)[C@@H](O)[C@@H](OC)[C@H]2OC)[C@@H](CC)OC(=O)C[C@H](O)[C@H](C)[C@H]1O[C@H]1O[C@@H](C)[C@H](O)[C@@H](N(C)C)[C@@H]1O. The number of aliphatic hydroxyl groups excluding tert-OH is 4. The van der Waals surface area contributed by atoms with Crippen molar-refractivity contribution in [3.8, 4) is 0 Å². The molecule has 4 N–H and O–H groups in total. The number of carbonyl (C=O) groups excluding carboxylic acids is 3. The molecule has 59 heavy (non-hydrogen) atoms. The summed E-state index contributed by atoms with van der Waals surface area (Å²) in [4.78, 5) is 41.5. The topological polar surface area (TPSA) is 209 Å². The van der Waals surface area contributed by atoms with Crippen LogP contribution in [0.25, 0.3) is 0 Å². The minimum atomic E-state index is -1.32. The second kappa shape index (κ2) is 24.1. The molecule has 0 radical (unpaired) electrons. The number of aliphatic hydroxyl groups is 4. The molecule has 2 fully saturated rings. The molecule has 3 aliphatic rings. The van der Waals surface area contributed by atoms with Crippen molar-refractivity contribution in [1.29, 1.82) is 0 Å². The van der Waals surface area contributed by atoms with Crippen LogP contribution in [0.1, 0.15) is 74.1 Å². The van der Waals surface area contributed by atoms with Crippen molar-refractivity contribution < 1.29 is 72.7 Å². The van der Waals surface area contributed by atoms with Crippen LogP contribution in [0.5, 0.6) is 0 Å². The number of likely N-dealkylation sites (N-methyl/N-ethyl adjacent to an activating group) is 1. The zero-order chi connectivity index (χ0) is 44.1. The summed E-state index contributed by atoms with van der Waals surface area (Å²) in [5.74, 6) is -3.84. The van der Waals surface area contributed by atoms with E-state index in [0.29, 0.717) is 12.0 Å². The Morgan fingerprint density at radius 1 is 0.898 bits per heavy atom. The third-order valence-corrected chi connectivity index (χ3v) is 11.7. The van der Waals surface area contributed by atoms with Crippen molar-refractivity contribution in [2.24, 2.45) is 23.7 Å². The van der Waals surface area contributed by atoms with Crippen LogP contribution < -0.4 is 0 Å². The fraction of sp³-hybridized carbons (Fsp3) is 0.791. The smallest absolute Gasteiger partial charge is 0.330 e. The molecule has 3 rings (SSSR count). The van der Waals surface area contributed by atoms with Gasteiger partial charge in [-0.2, -0.15) is 0 Å². The van der Waals surface area contributed by atoms with Gasteiger partial charge < -0.3 is 63.2 Å². The van der Waals surface area contributed by atoms with Crippen LogP contribution in [-0.4, -0.2) is 164 Å². The largest absolute Gasteiger partial charge is 0.463 e. The third-order valence-electron chi connectivity index (χ3n) is 11.7. The van der Waals surface area contributed by atoms with E-state index in [0.717, 1.165) is 0 Å². The third kappa shape index (κ3) is 13.9. The Labute approximate surface area is 349 Å². The number of hydrogen-bond acceptors (Lipinski definition) is 16. The predicted molar refractivity (Wildman–Crippen MR) is 216 cm³/mol. The first kappa shape index (κ1) is 50.7. The molecular weight excluding hydrogens is 770 g/mol. The zero-order valence-electron chi connectivity index (χ0n) is 36.7. The van der Waals surface area contributed by atoms with Crippen molar-refractivity contribution in [1.82, 2.24) is 4.90 Å². The molecule has 0 aromatic carbocycles. The normalized spacial score (nSPS) is 41.0. The molecule has 0 aromatic rings. The van der Waals surface area contributed by atoms with Gasteiger partial charge in [0.05, 0.1) is 56.2 Å². The minimum absolute atomic E-state index is 0.00569. The van der Waals surface area contributed by atoms with Crippen LogP contribution in [0.2, 0.25) is 0 Å². The quantitative estimate of drug-likeness (QED) is 0.155. The van der Waals surface area contributed by atoms with E-state index in [1.807, 2.05) is 19.9 Å². The van der Waals surface area contributed by atoms with Crippen LogP contribution in [0, 0.1) is 23.7 Å². The van der Waals surface area contributed by atoms with E-state index in [4.69, 9.17) is 37.9 Å². The lowest BCUT2D eigenvalue weighted by atomic mass is 9.79. The molecule has 338 valence electrons. The van der Waals surface area contributed by atoms with E-state index in [1.165, 1.54) is 26.4 Å². The van der Waals surface area contributed by atoms with E-state index in [9.17, 15) is 34.8 Å². The monoisotopic (exact) mass is 841 g/mol. The van der Waals surface area contributed by atoms with Gasteiger partial charge in [0.1, 0.15) is 30.5 Å². The molecule has 16 heteroatoms. The van der Waals surface area contributed by atoms with Crippen molar-refractivity contribution in [2.45, 2.75) is 154 Å². The Hall–Kier alpha value is -2.61. The van der Waals surface area contributed by atoms with Crippen molar-refractivity contribution in [3.05, 3.63) is 36.0 Å². The molecule has 0 unspecified atom stereocenters. The molecule has 16 nitrogen and oxygen atoms in total. The summed E-state index contributed by atoms with van der Waals surface area (Å²) in [5.41, 5.74) is 0.700. The number of esters is 2. The van der Waals surface area contributed by atoms with Gasteiger partial charge in [-0.05, 0) is 73.0 Å². The molecule has 0 saturated carbocycles. The number of cyclic esters (lactones) is 1. The fourth-order valence-corrected chi connectivity index (χ4v) is 8.16. The van der Waals surface area contributed by atoms with E-state index in [-0.39, 0.29) is 31.8 Å². The molecule has 2 saturated heterocycles. The molecule has 0 aliphatic carbocycles. The van der Waals surface area contributed by atoms with Crippen LogP contribution in [0.4, 0.5) is 0 Å². The number of nitrogens with zero attached hydrogens (tertiary/aromatic N) is 1. The van der Waals surface area contributed by atoms with Gasteiger partial charge in [-0.25, -0.2) is 4.79 Å². The maximum atomic E-state index is 13.8. The van der Waals surface area contributed by atoms with Crippen LogP contribution in [0.15, 0.2) is 36.0 Å². The fourth-order valence-electron chi connectivity index (χ4n) is 8.16. The highest BCUT2D eigenvalue weighted by Gasteiger charge is 2.48. The Balaban J connectivity index is 2.03. The van der Waals surface area contributed by atoms with E-state index in [1.54, 1.807) is 65.8 Å². The van der Waals surface area contributed by atoms with Gasteiger partial charge in [-0.3, -0.25) is 9.59 Å². The number of hydrogen-bond donors (Lipinski definition) is 4. The van der Waals surface area contributed by atoms with E-state index >= 15 is 0 Å². The lowest BCUT2D eigenvalue weighted by Crippen LogP contribution is -2.63. The van der Waals surface area contributed by atoms with E-state index in [2.05, 4.69) is 0 Å². The molecule has 0 amide bonds. The first-order chi connectivity index (χ1) is 27.9. The maximum Gasteiger partial charge on any atom is 0.330 e. The molecule has 17 atom stereocenters. The number of ether oxygens (including phenoxy) is 8. The Kier molecular flexibility index (Phi) is 20.8. The Morgan fingerprint density at radius 3 is 2.15 bits per heavy atom. The average molecular weight is 842 g/mol. The van der Waals surface area contributed by atoms with Crippen molar-refractivity contribution >= 4 is 17.7 Å². The molecular formula is C43H71NO15. The summed E-state index contributed by atoms with van der Waals surface area (Å²) in [6, 6.07) is -0.751. The second-order valence-electron chi connectivity index (χ2n) is 16.3. The van der Waals surface area contributed by atoms with Crippen LogP contribution in [0.3, 0.4) is 0 Å². The van der Waals surface area contributed by atoms with Crippen molar-refractivity contribution in [3.63, 3.8) is 0 Å². The van der Waals surface area contributed by atoms with Gasteiger partial charge in [0.25, 0.3) is 0 Å². The molecule has 3 heterocycles. The first-order valence-corrected chi connectivity index (χ1v) is 20.8.